The molecule has 0 radical (unpaired) electrons. The lowest BCUT2D eigenvalue weighted by Crippen LogP contribution is -2.22. The smallest absolute Gasteiger partial charge is 0.277 e. The number of rotatable bonds is 0. The van der Waals surface area contributed by atoms with E-state index in [2.05, 4.69) is 21.0 Å². The van der Waals surface area contributed by atoms with E-state index in [-0.39, 0.29) is 5.56 Å². The zero-order valence-corrected chi connectivity index (χ0v) is 8.87. The second-order valence-corrected chi connectivity index (χ2v) is 3.82. The van der Waals surface area contributed by atoms with Gasteiger partial charge in [0.2, 0.25) is 0 Å². The Morgan fingerprint density at radius 2 is 2.23 bits per heavy atom. The Labute approximate surface area is 82.9 Å². The first-order chi connectivity index (χ1) is 6.09. The van der Waals surface area contributed by atoms with Gasteiger partial charge in [0.15, 0.2) is 0 Å². The number of aryl methyl sites for hydroxylation is 1. The predicted octanol–water partition coefficient (Wildman–Crippen LogP) is 1.10. The van der Waals surface area contributed by atoms with Crippen molar-refractivity contribution in [2.24, 2.45) is 7.05 Å². The van der Waals surface area contributed by atoms with Gasteiger partial charge in [-0.2, -0.15) is 5.10 Å². The molecular formula is C8H8BrN3O. The minimum Gasteiger partial charge on any atom is -0.297 e. The highest BCUT2D eigenvalue weighted by atomic mass is 79.9. The van der Waals surface area contributed by atoms with E-state index in [4.69, 9.17) is 0 Å². The Bertz CT molecular complexity index is 526. The third-order valence-corrected chi connectivity index (χ3v) is 2.46. The van der Waals surface area contributed by atoms with Crippen LogP contribution in [0.4, 0.5) is 0 Å². The third-order valence-electron chi connectivity index (χ3n) is 2.03. The zero-order chi connectivity index (χ0) is 9.59. The highest BCUT2D eigenvalue weighted by molar-refractivity contribution is 9.10. The summed E-state index contributed by atoms with van der Waals surface area (Å²) in [6.07, 6.45) is 1.77. The van der Waals surface area contributed by atoms with Crippen LogP contribution in [0.1, 0.15) is 5.82 Å². The van der Waals surface area contributed by atoms with E-state index >= 15 is 0 Å². The molecule has 5 heteroatoms. The first-order valence-electron chi connectivity index (χ1n) is 3.81. The maximum Gasteiger partial charge on any atom is 0.277 e. The molecule has 0 aliphatic rings. The van der Waals surface area contributed by atoms with E-state index in [0.29, 0.717) is 11.3 Å². The summed E-state index contributed by atoms with van der Waals surface area (Å²) in [5, 5.41) is 4.21. The maximum atomic E-state index is 11.6. The van der Waals surface area contributed by atoms with Crippen LogP contribution in [0, 0.1) is 6.92 Å². The number of aromatic nitrogens is 3. The Morgan fingerprint density at radius 1 is 1.54 bits per heavy atom. The first-order valence-corrected chi connectivity index (χ1v) is 4.60. The molecule has 0 amide bonds. The number of hydrogen-bond donors (Lipinski definition) is 0. The molecular weight excluding hydrogens is 234 g/mol. The van der Waals surface area contributed by atoms with Crippen molar-refractivity contribution >= 4 is 21.4 Å². The number of halogens is 1. The van der Waals surface area contributed by atoms with Crippen molar-refractivity contribution in [3.05, 3.63) is 32.9 Å². The van der Waals surface area contributed by atoms with E-state index in [1.165, 1.54) is 4.57 Å². The van der Waals surface area contributed by atoms with E-state index < -0.39 is 0 Å². The van der Waals surface area contributed by atoms with Crippen molar-refractivity contribution in [1.82, 2.24) is 14.2 Å². The summed E-state index contributed by atoms with van der Waals surface area (Å²) in [6.45, 7) is 1.80. The topological polar surface area (TPSA) is 39.3 Å². The molecule has 0 N–H and O–H groups in total. The molecule has 4 nitrogen and oxygen atoms in total. The average Bonchev–Trinajstić information content (AvgIpc) is 2.42. The predicted molar refractivity (Wildman–Crippen MR) is 52.9 cm³/mol. The lowest BCUT2D eigenvalue weighted by atomic mass is 10.5. The molecule has 68 valence electrons. The number of nitrogens with zero attached hydrogens (tertiary/aromatic N) is 3. The zero-order valence-electron chi connectivity index (χ0n) is 7.28. The van der Waals surface area contributed by atoms with Gasteiger partial charge in [-0.1, -0.05) is 0 Å². The molecule has 0 bridgehead atoms. The van der Waals surface area contributed by atoms with Gasteiger partial charge in [0, 0.05) is 17.7 Å². The first kappa shape index (κ1) is 8.50. The largest absolute Gasteiger partial charge is 0.297 e. The summed E-state index contributed by atoms with van der Waals surface area (Å²) >= 11 is 3.30. The molecule has 2 aromatic rings. The van der Waals surface area contributed by atoms with Gasteiger partial charge in [-0.15, -0.1) is 0 Å². The van der Waals surface area contributed by atoms with E-state index in [0.717, 1.165) is 4.47 Å². The van der Waals surface area contributed by atoms with Crippen molar-refractivity contribution in [2.75, 3.05) is 0 Å². The average molecular weight is 242 g/mol. The Hall–Kier alpha value is -1.10. The van der Waals surface area contributed by atoms with Crippen LogP contribution in [0.5, 0.6) is 0 Å². The quantitative estimate of drug-likeness (QED) is 0.694. The van der Waals surface area contributed by atoms with E-state index in [9.17, 15) is 4.79 Å². The van der Waals surface area contributed by atoms with Gasteiger partial charge in [0.05, 0.1) is 0 Å². The molecule has 0 saturated carbocycles. The molecule has 0 aliphatic heterocycles. The standard InChI is InChI=1S/C8H8BrN3O/c1-5-10-12-4-6(9)3-7(12)8(13)11(5)2/h3-4H,1-2H3. The molecule has 2 heterocycles. The van der Waals surface area contributed by atoms with Gasteiger partial charge < -0.3 is 0 Å². The lowest BCUT2D eigenvalue weighted by Gasteiger charge is -2.02. The molecule has 2 rings (SSSR count). The monoisotopic (exact) mass is 241 g/mol. The molecule has 0 unspecified atom stereocenters. The highest BCUT2D eigenvalue weighted by Gasteiger charge is 2.05. The van der Waals surface area contributed by atoms with Crippen molar-refractivity contribution in [2.45, 2.75) is 6.92 Å². The van der Waals surface area contributed by atoms with Gasteiger partial charge in [-0.3, -0.25) is 9.36 Å². The molecule has 13 heavy (non-hydrogen) atoms. The molecule has 0 spiro atoms. The van der Waals surface area contributed by atoms with Crippen LogP contribution in [-0.2, 0) is 7.05 Å². The van der Waals surface area contributed by atoms with Gasteiger partial charge in [-0.05, 0) is 28.9 Å². The highest BCUT2D eigenvalue weighted by Crippen LogP contribution is 2.11. The van der Waals surface area contributed by atoms with Crippen LogP contribution in [0.15, 0.2) is 21.5 Å². The van der Waals surface area contributed by atoms with Crippen LogP contribution < -0.4 is 5.56 Å². The van der Waals surface area contributed by atoms with Gasteiger partial charge >= 0.3 is 0 Å². The fourth-order valence-electron chi connectivity index (χ4n) is 1.20. The second-order valence-electron chi connectivity index (χ2n) is 2.90. The van der Waals surface area contributed by atoms with Crippen LogP contribution in [0.25, 0.3) is 5.52 Å². The summed E-state index contributed by atoms with van der Waals surface area (Å²) in [5.41, 5.74) is 0.554. The van der Waals surface area contributed by atoms with Crippen LogP contribution in [0.3, 0.4) is 0 Å². The normalized spacial score (nSPS) is 11.0. The molecule has 0 aromatic carbocycles. The van der Waals surface area contributed by atoms with E-state index in [1.54, 1.807) is 30.8 Å². The Morgan fingerprint density at radius 3 is 2.92 bits per heavy atom. The Balaban J connectivity index is 3.01. The van der Waals surface area contributed by atoms with Crippen molar-refractivity contribution in [3.63, 3.8) is 0 Å². The van der Waals surface area contributed by atoms with Crippen LogP contribution in [0.2, 0.25) is 0 Å². The van der Waals surface area contributed by atoms with Crippen molar-refractivity contribution in [3.8, 4) is 0 Å². The molecule has 0 aliphatic carbocycles. The van der Waals surface area contributed by atoms with Gasteiger partial charge in [-0.25, -0.2) is 4.52 Å². The second kappa shape index (κ2) is 2.70. The summed E-state index contributed by atoms with van der Waals surface area (Å²) < 4.78 is 3.98. The number of hydrogen-bond acceptors (Lipinski definition) is 2. The minimum atomic E-state index is -0.0294. The van der Waals surface area contributed by atoms with Crippen molar-refractivity contribution in [1.29, 1.82) is 0 Å². The van der Waals surface area contributed by atoms with E-state index in [1.807, 2.05) is 0 Å². The summed E-state index contributed by atoms with van der Waals surface area (Å²) in [6, 6.07) is 1.76. The molecule has 0 fully saturated rings. The summed E-state index contributed by atoms with van der Waals surface area (Å²) in [4.78, 5) is 11.6. The summed E-state index contributed by atoms with van der Waals surface area (Å²) in [7, 11) is 1.71. The lowest BCUT2D eigenvalue weighted by molar-refractivity contribution is 0.718. The van der Waals surface area contributed by atoms with Gasteiger partial charge in [0.1, 0.15) is 11.3 Å². The SMILES string of the molecule is Cc1nn2cc(Br)cc2c(=O)n1C. The fourth-order valence-corrected chi connectivity index (χ4v) is 1.62. The van der Waals surface area contributed by atoms with Crippen LogP contribution in [-0.4, -0.2) is 14.2 Å². The summed E-state index contributed by atoms with van der Waals surface area (Å²) in [5.74, 6) is 0.695. The maximum absolute atomic E-state index is 11.6. The molecule has 0 saturated heterocycles. The van der Waals surface area contributed by atoms with Gasteiger partial charge in [0.25, 0.3) is 5.56 Å². The molecule has 0 atom stereocenters. The van der Waals surface area contributed by atoms with Crippen LogP contribution >= 0.6 is 15.9 Å². The van der Waals surface area contributed by atoms with Crippen molar-refractivity contribution < 1.29 is 0 Å². The minimum absolute atomic E-state index is 0.0294. The Kier molecular flexibility index (Phi) is 1.76. The number of fused-ring (bicyclic) bond motifs is 1. The molecule has 2 aromatic heterocycles. The third kappa shape index (κ3) is 1.19. The fraction of sp³-hybridized carbons (Fsp3) is 0.250.